The van der Waals surface area contributed by atoms with Gasteiger partial charge in [-0.05, 0) is 59.7 Å². The third-order valence-corrected chi connectivity index (χ3v) is 12.2. The van der Waals surface area contributed by atoms with Crippen LogP contribution in [0.4, 0.5) is 21.1 Å². The van der Waals surface area contributed by atoms with Crippen molar-refractivity contribution in [3.05, 3.63) is 181 Å². The van der Waals surface area contributed by atoms with Crippen molar-refractivity contribution in [1.29, 1.82) is 0 Å². The van der Waals surface area contributed by atoms with E-state index in [1.807, 2.05) is 84.9 Å². The van der Waals surface area contributed by atoms with Crippen molar-refractivity contribution in [2.45, 2.75) is 19.4 Å². The van der Waals surface area contributed by atoms with Crippen LogP contribution in [0, 0.1) is 0 Å². The molecule has 0 fully saturated rings. The fraction of sp³-hybridized carbons (Fsp3) is 0.0750. The van der Waals surface area contributed by atoms with E-state index in [0.717, 1.165) is 16.8 Å². The first-order valence-electron chi connectivity index (χ1n) is 15.6. The van der Waals surface area contributed by atoms with E-state index in [-0.39, 0.29) is 24.7 Å². The van der Waals surface area contributed by atoms with Gasteiger partial charge in [0.2, 0.25) is 0 Å². The van der Waals surface area contributed by atoms with Gasteiger partial charge in [-0.3, -0.25) is 10.6 Å². The predicted molar refractivity (Wildman–Crippen MR) is 194 cm³/mol. The molecule has 1 aromatic heterocycles. The molecule has 8 heteroatoms. The van der Waals surface area contributed by atoms with Crippen LogP contribution in [0.1, 0.15) is 16.8 Å². The highest BCUT2D eigenvalue weighted by Gasteiger charge is 2.46. The molecule has 2 N–H and O–H groups in total. The second kappa shape index (κ2) is 15.7. The van der Waals surface area contributed by atoms with Gasteiger partial charge in [-0.15, -0.1) is 0 Å². The van der Waals surface area contributed by atoms with Crippen molar-refractivity contribution < 1.29 is 19.1 Å². The van der Waals surface area contributed by atoms with Crippen LogP contribution in [-0.2, 0) is 28.8 Å². The topological polar surface area (TPSA) is 89.6 Å². The lowest BCUT2D eigenvalue weighted by molar-refractivity contribution is 0.153. The van der Waals surface area contributed by atoms with Gasteiger partial charge in [0.1, 0.15) is 42.6 Å². The zero-order valence-electron chi connectivity index (χ0n) is 26.2. The molecule has 2 amide bonds. The van der Waals surface area contributed by atoms with Gasteiger partial charge in [0, 0.05) is 0 Å². The zero-order valence-corrected chi connectivity index (χ0v) is 27.1. The summed E-state index contributed by atoms with van der Waals surface area (Å²) >= 11 is 0. The molecule has 1 heterocycles. The van der Waals surface area contributed by atoms with Gasteiger partial charge in [-0.25, -0.2) is 14.6 Å². The van der Waals surface area contributed by atoms with E-state index in [2.05, 4.69) is 83.4 Å². The Morgan fingerprint density at radius 1 is 0.500 bits per heavy atom. The zero-order chi connectivity index (χ0) is 33.0. The first-order chi connectivity index (χ1) is 23.6. The minimum absolute atomic E-state index is 0.0822. The molecule has 0 radical (unpaired) electrons. The normalized spacial score (nSPS) is 10.9. The molecule has 7 nitrogen and oxygen atoms in total. The highest BCUT2D eigenvalue weighted by atomic mass is 31.2. The molecule has 0 unspecified atom stereocenters. The maximum Gasteiger partial charge on any atom is 0.413 e. The molecule has 238 valence electrons. The summed E-state index contributed by atoms with van der Waals surface area (Å²) in [6, 6.07) is 53.9. The maximum atomic E-state index is 13.1. The standard InChI is InChI=1S/C40H34N3O4P/c44-39(46-28-31-16-6-1-7-17-31)42-37-27-26-33(41-38(37)43-40(45)47-29-32-18-8-2-9-19-32)30-48(34-20-10-3-11-21-34,35-22-12-4-13-23-35)36-24-14-5-15-25-36/h1-27H,28-30H2,(H-,41,42,43,44,45)/p+1. The van der Waals surface area contributed by atoms with Crippen LogP contribution in [0.25, 0.3) is 0 Å². The number of amides is 2. The van der Waals surface area contributed by atoms with Crippen molar-refractivity contribution in [2.24, 2.45) is 0 Å². The van der Waals surface area contributed by atoms with Gasteiger partial charge in [0.05, 0.1) is 11.4 Å². The molecular formula is C40H35N3O4P+. The summed E-state index contributed by atoms with van der Waals surface area (Å²) in [4.78, 5) is 30.9. The Balaban J connectivity index is 1.35. The van der Waals surface area contributed by atoms with E-state index in [9.17, 15) is 9.59 Å². The van der Waals surface area contributed by atoms with E-state index >= 15 is 0 Å². The quantitative estimate of drug-likeness (QED) is 0.138. The Labute approximate surface area is 280 Å². The maximum absolute atomic E-state index is 13.1. The first kappa shape index (κ1) is 32.2. The summed E-state index contributed by atoms with van der Waals surface area (Å²) in [5, 5.41) is 9.14. The lowest BCUT2D eigenvalue weighted by Crippen LogP contribution is -2.32. The highest BCUT2D eigenvalue weighted by Crippen LogP contribution is 2.58. The third-order valence-electron chi connectivity index (χ3n) is 7.83. The van der Waals surface area contributed by atoms with Crippen LogP contribution in [0.2, 0.25) is 0 Å². The highest BCUT2D eigenvalue weighted by molar-refractivity contribution is 7.95. The van der Waals surface area contributed by atoms with Crippen molar-refractivity contribution in [3.8, 4) is 0 Å². The van der Waals surface area contributed by atoms with Crippen LogP contribution in [0.5, 0.6) is 0 Å². The lowest BCUT2D eigenvalue weighted by Gasteiger charge is -2.27. The van der Waals surface area contributed by atoms with Gasteiger partial charge in [-0.2, -0.15) is 0 Å². The number of pyridine rings is 1. The largest absolute Gasteiger partial charge is 0.444 e. The molecule has 0 saturated heterocycles. The number of hydrogen-bond donors (Lipinski definition) is 2. The molecule has 0 bridgehead atoms. The van der Waals surface area contributed by atoms with Gasteiger partial charge in [-0.1, -0.05) is 115 Å². The molecule has 0 aliphatic rings. The van der Waals surface area contributed by atoms with Crippen molar-refractivity contribution >= 4 is 46.9 Å². The second-order valence-electron chi connectivity index (χ2n) is 11.0. The molecular weight excluding hydrogens is 617 g/mol. The molecule has 6 rings (SSSR count). The number of hydrogen-bond acceptors (Lipinski definition) is 5. The fourth-order valence-electron chi connectivity index (χ4n) is 5.52. The Bertz CT molecular complexity index is 1830. The first-order valence-corrected chi connectivity index (χ1v) is 17.6. The SMILES string of the molecule is O=C(Nc1ccc(C[P+](c2ccccc2)(c2ccccc2)c2ccccc2)nc1NC(=O)OCc1ccccc1)OCc1ccccc1. The minimum atomic E-state index is -2.29. The number of rotatable bonds is 11. The van der Waals surface area contributed by atoms with Crippen LogP contribution in [-0.4, -0.2) is 17.2 Å². The van der Waals surface area contributed by atoms with Crippen molar-refractivity contribution in [3.63, 3.8) is 0 Å². The molecule has 0 aliphatic carbocycles. The smallest absolute Gasteiger partial charge is 0.413 e. The van der Waals surface area contributed by atoms with Gasteiger partial charge < -0.3 is 9.47 Å². The van der Waals surface area contributed by atoms with Crippen LogP contribution in [0.3, 0.4) is 0 Å². The number of nitrogens with zero attached hydrogens (tertiary/aromatic N) is 1. The molecule has 0 spiro atoms. The Morgan fingerprint density at radius 3 is 1.33 bits per heavy atom. The van der Waals surface area contributed by atoms with Gasteiger partial charge in [0.15, 0.2) is 5.82 Å². The van der Waals surface area contributed by atoms with Crippen LogP contribution >= 0.6 is 7.26 Å². The molecule has 0 saturated carbocycles. The van der Waals surface area contributed by atoms with E-state index in [1.54, 1.807) is 6.07 Å². The Kier molecular flexibility index (Phi) is 10.5. The second-order valence-corrected chi connectivity index (χ2v) is 14.5. The van der Waals surface area contributed by atoms with Gasteiger partial charge in [0.25, 0.3) is 0 Å². The van der Waals surface area contributed by atoms with E-state index in [4.69, 9.17) is 14.5 Å². The Hall–Kier alpha value is -5.78. The predicted octanol–water partition coefficient (Wildman–Crippen LogP) is 8.07. The molecule has 5 aromatic carbocycles. The fourth-order valence-corrected chi connectivity index (χ4v) is 9.67. The van der Waals surface area contributed by atoms with E-state index in [0.29, 0.717) is 6.16 Å². The number of ether oxygens (including phenoxy) is 2. The lowest BCUT2D eigenvalue weighted by atomic mass is 10.2. The summed E-state index contributed by atoms with van der Waals surface area (Å²) in [5.41, 5.74) is 2.73. The number of carbonyl (C=O) groups is 2. The van der Waals surface area contributed by atoms with Crippen molar-refractivity contribution in [1.82, 2.24) is 4.98 Å². The van der Waals surface area contributed by atoms with Crippen molar-refractivity contribution in [2.75, 3.05) is 10.6 Å². The summed E-state index contributed by atoms with van der Waals surface area (Å²) in [5.74, 6) is 0.162. The average Bonchev–Trinajstić information content (AvgIpc) is 3.15. The molecule has 0 aliphatic heterocycles. The van der Waals surface area contributed by atoms with Gasteiger partial charge >= 0.3 is 12.2 Å². The Morgan fingerprint density at radius 2 is 0.896 bits per heavy atom. The summed E-state index contributed by atoms with van der Waals surface area (Å²) in [6.07, 6.45) is -0.800. The summed E-state index contributed by atoms with van der Waals surface area (Å²) in [7, 11) is -2.29. The third kappa shape index (κ3) is 7.95. The number of carbonyl (C=O) groups excluding carboxylic acids is 2. The minimum Gasteiger partial charge on any atom is -0.444 e. The number of anilines is 2. The monoisotopic (exact) mass is 652 g/mol. The molecule has 48 heavy (non-hydrogen) atoms. The van der Waals surface area contributed by atoms with Crippen LogP contribution < -0.4 is 26.5 Å². The summed E-state index contributed by atoms with van der Waals surface area (Å²) < 4.78 is 11.0. The molecule has 6 aromatic rings. The van der Waals surface area contributed by atoms with Crippen LogP contribution in [0.15, 0.2) is 164 Å². The molecule has 0 atom stereocenters. The summed E-state index contributed by atoms with van der Waals surface area (Å²) in [6.45, 7) is 0.178. The number of benzene rings is 5. The van der Waals surface area contributed by atoms with E-state index in [1.165, 1.54) is 15.9 Å². The van der Waals surface area contributed by atoms with E-state index < -0.39 is 19.4 Å². The number of aromatic nitrogens is 1. The average molecular weight is 653 g/mol. The number of nitrogens with one attached hydrogen (secondary N) is 2.